The van der Waals surface area contributed by atoms with Gasteiger partial charge in [0.15, 0.2) is 11.5 Å². The van der Waals surface area contributed by atoms with Gasteiger partial charge in [-0.25, -0.2) is 0 Å². The Morgan fingerprint density at radius 2 is 1.65 bits per heavy atom. The maximum Gasteiger partial charge on any atom is 0.261 e. The van der Waals surface area contributed by atoms with Crippen molar-refractivity contribution in [1.29, 1.82) is 0 Å². The molecule has 3 amide bonds. The van der Waals surface area contributed by atoms with Crippen LogP contribution in [0, 0.1) is 6.92 Å². The van der Waals surface area contributed by atoms with E-state index in [1.54, 1.807) is 12.0 Å². The molecule has 12 heteroatoms. The predicted molar refractivity (Wildman–Crippen MR) is 230 cm³/mol. The summed E-state index contributed by atoms with van der Waals surface area (Å²) in [7, 11) is 1.38. The molecule has 0 bridgehead atoms. The standard InChI is InChI=1S/C45H48N4O6S2/c1-27-19-35-36(46-26-33-21-30-11-13-31(23-38(30)49(33)44(35)52)47-42(50)15-16-45(2,3)57(5)56)25-39(27)54-17-8-18-55-41-22-28-12-14-32-20-29-9-6-7-10-37(29)48(32)43(51)34(28)24-40(41)53-4/h6-7,9-11,13,19,22-26,32-33H,8,12,14-18,20-21H2,1-5H3,(H,47,50)/t32-,33+,57?/m1/s1. The molecule has 1 N–H and O–H groups in total. The number of anilines is 3. The van der Waals surface area contributed by atoms with Crippen molar-refractivity contribution in [3.8, 4) is 17.2 Å². The highest BCUT2D eigenvalue weighted by Crippen LogP contribution is 2.42. The molecule has 8 rings (SSSR count). The third-order valence-electron chi connectivity index (χ3n) is 11.7. The Hall–Kier alpha value is -5.07. The van der Waals surface area contributed by atoms with Crippen molar-refractivity contribution in [2.45, 2.75) is 82.5 Å². The third-order valence-corrected chi connectivity index (χ3v) is 14.8. The van der Waals surface area contributed by atoms with Crippen LogP contribution in [0.2, 0.25) is 0 Å². The summed E-state index contributed by atoms with van der Waals surface area (Å²) in [4.78, 5) is 49.3. The highest BCUT2D eigenvalue weighted by atomic mass is 32.8. The molecule has 4 aliphatic heterocycles. The number of carbonyl (C=O) groups is 3. The van der Waals surface area contributed by atoms with E-state index in [2.05, 4.69) is 25.2 Å². The number of hydrogen-bond donors (Lipinski definition) is 1. The zero-order valence-electron chi connectivity index (χ0n) is 33.1. The van der Waals surface area contributed by atoms with Crippen LogP contribution in [-0.4, -0.2) is 67.3 Å². The summed E-state index contributed by atoms with van der Waals surface area (Å²) in [5, 5.41) is 3.03. The quantitative estimate of drug-likeness (QED) is 0.145. The Labute approximate surface area is 341 Å². The monoisotopic (exact) mass is 804 g/mol. The molecule has 0 radical (unpaired) electrons. The Morgan fingerprint density at radius 3 is 2.44 bits per heavy atom. The molecule has 0 saturated heterocycles. The zero-order chi connectivity index (χ0) is 40.0. The molecule has 0 spiro atoms. The van der Waals surface area contributed by atoms with Crippen LogP contribution in [0.15, 0.2) is 71.7 Å². The molecule has 57 heavy (non-hydrogen) atoms. The molecule has 4 aromatic carbocycles. The fraction of sp³-hybridized carbons (Fsp3) is 0.378. The van der Waals surface area contributed by atoms with E-state index < -0.39 is 0 Å². The fourth-order valence-corrected chi connectivity index (χ4v) is 8.86. The van der Waals surface area contributed by atoms with Gasteiger partial charge in [0.2, 0.25) is 5.91 Å². The summed E-state index contributed by atoms with van der Waals surface area (Å²) >= 11 is 5.48. The molecular formula is C45H48N4O6S2. The van der Waals surface area contributed by atoms with Gasteiger partial charge in [-0.15, -0.1) is 9.45 Å². The van der Waals surface area contributed by atoms with Crippen LogP contribution in [-0.2, 0) is 44.7 Å². The summed E-state index contributed by atoms with van der Waals surface area (Å²) in [6.45, 7) is 6.91. The van der Waals surface area contributed by atoms with Gasteiger partial charge in [0.1, 0.15) is 5.75 Å². The molecule has 296 valence electrons. The largest absolute Gasteiger partial charge is 0.493 e. The number of carbonyl (C=O) groups excluding carboxylic acids is 3. The first-order chi connectivity index (χ1) is 27.4. The second-order valence-corrected chi connectivity index (χ2v) is 19.4. The number of aliphatic imine (C=N–C) groups is 1. The van der Waals surface area contributed by atoms with Crippen molar-refractivity contribution in [2.75, 3.05) is 41.7 Å². The van der Waals surface area contributed by atoms with Gasteiger partial charge in [0, 0.05) is 59.3 Å². The maximum absolute atomic E-state index is 14.1. The predicted octanol–water partition coefficient (Wildman–Crippen LogP) is 7.86. The lowest BCUT2D eigenvalue weighted by Crippen LogP contribution is -2.37. The van der Waals surface area contributed by atoms with Crippen molar-refractivity contribution < 1.29 is 28.6 Å². The van der Waals surface area contributed by atoms with Gasteiger partial charge < -0.3 is 24.4 Å². The van der Waals surface area contributed by atoms with Crippen LogP contribution in [0.1, 0.15) is 82.5 Å². The van der Waals surface area contributed by atoms with Crippen LogP contribution in [0.4, 0.5) is 22.7 Å². The molecule has 1 unspecified atom stereocenters. The smallest absolute Gasteiger partial charge is 0.261 e. The van der Waals surface area contributed by atoms with E-state index in [4.69, 9.17) is 30.4 Å². The number of rotatable bonds is 12. The first kappa shape index (κ1) is 38.8. The minimum absolute atomic E-state index is 0.00676. The molecular weight excluding hydrogens is 757 g/mol. The number of para-hydroxylation sites is 1. The van der Waals surface area contributed by atoms with Crippen molar-refractivity contribution in [3.63, 3.8) is 0 Å². The maximum atomic E-state index is 14.1. The number of amides is 3. The molecule has 4 aromatic rings. The summed E-state index contributed by atoms with van der Waals surface area (Å²) in [5.41, 5.74) is 8.22. The van der Waals surface area contributed by atoms with Gasteiger partial charge >= 0.3 is 0 Å². The van der Waals surface area contributed by atoms with E-state index in [-0.39, 0.29) is 44.0 Å². The molecule has 0 fully saturated rings. The topological polar surface area (TPSA) is 110 Å². The van der Waals surface area contributed by atoms with Gasteiger partial charge in [-0.2, -0.15) is 0 Å². The lowest BCUT2D eigenvalue weighted by molar-refractivity contribution is -0.116. The average molecular weight is 805 g/mol. The molecule has 0 aliphatic carbocycles. The molecule has 10 nitrogen and oxygen atoms in total. The van der Waals surface area contributed by atoms with Crippen LogP contribution >= 0.6 is 0 Å². The van der Waals surface area contributed by atoms with E-state index in [1.165, 1.54) is 5.56 Å². The van der Waals surface area contributed by atoms with E-state index in [9.17, 15) is 14.4 Å². The van der Waals surface area contributed by atoms with E-state index in [1.807, 2.05) is 85.0 Å². The minimum atomic E-state index is -0.236. The molecule has 0 aromatic heterocycles. The molecule has 4 aliphatic rings. The highest BCUT2D eigenvalue weighted by Gasteiger charge is 2.39. The Morgan fingerprint density at radius 1 is 0.895 bits per heavy atom. The zero-order valence-corrected chi connectivity index (χ0v) is 34.7. The summed E-state index contributed by atoms with van der Waals surface area (Å²) in [6.07, 6.45) is 8.71. The number of aryl methyl sites for hydroxylation is 2. The van der Waals surface area contributed by atoms with Gasteiger partial charge in [0.05, 0.1) is 43.3 Å². The number of ether oxygens (including phenoxy) is 3. The number of nitrogens with one attached hydrogen (secondary N) is 1. The number of benzene rings is 4. The number of nitrogens with zero attached hydrogens (tertiary/aromatic N) is 3. The van der Waals surface area contributed by atoms with Gasteiger partial charge in [-0.05, 0) is 97.5 Å². The van der Waals surface area contributed by atoms with E-state index >= 15 is 0 Å². The Balaban J connectivity index is 0.894. The van der Waals surface area contributed by atoms with Crippen LogP contribution in [0.3, 0.4) is 0 Å². The van der Waals surface area contributed by atoms with Gasteiger partial charge in [0.25, 0.3) is 11.8 Å². The SMILES string of the molecule is COc1cc2c(cc1OCCCOc1cc3c(cc1C)C(=O)N1c4cc(NC(=O)CCC(C)(C)S(C)=S)ccc4C[C@H]1C=N3)CC[C@@H]1Cc3ccccc3N1C2=O. The minimum Gasteiger partial charge on any atom is -0.493 e. The van der Waals surface area contributed by atoms with E-state index in [0.29, 0.717) is 78.6 Å². The Kier molecular flexibility index (Phi) is 10.7. The number of hydrogen-bond acceptors (Lipinski definition) is 8. The number of fused-ring (bicyclic) bond motifs is 8. The third kappa shape index (κ3) is 7.57. The van der Waals surface area contributed by atoms with Crippen LogP contribution in [0.5, 0.6) is 17.2 Å². The van der Waals surface area contributed by atoms with E-state index in [0.717, 1.165) is 47.3 Å². The van der Waals surface area contributed by atoms with Gasteiger partial charge in [-0.1, -0.05) is 49.3 Å². The lowest BCUT2D eigenvalue weighted by Gasteiger charge is -2.24. The molecule has 4 heterocycles. The van der Waals surface area contributed by atoms with Crippen LogP contribution in [0.25, 0.3) is 0 Å². The molecule has 0 saturated carbocycles. The average Bonchev–Trinajstić information content (AvgIpc) is 3.68. The summed E-state index contributed by atoms with van der Waals surface area (Å²) < 4.78 is 18.0. The normalized spacial score (nSPS) is 18.3. The Bertz CT molecular complexity index is 2340. The summed E-state index contributed by atoms with van der Waals surface area (Å²) in [5.74, 6) is 1.60. The van der Waals surface area contributed by atoms with Crippen molar-refractivity contribution in [2.24, 2.45) is 4.99 Å². The first-order valence-electron chi connectivity index (χ1n) is 19.6. The van der Waals surface area contributed by atoms with Crippen molar-refractivity contribution in [1.82, 2.24) is 0 Å². The van der Waals surface area contributed by atoms with Crippen molar-refractivity contribution in [3.05, 3.63) is 100 Å². The highest BCUT2D eigenvalue weighted by molar-refractivity contribution is 8.29. The van der Waals surface area contributed by atoms with Gasteiger partial charge in [-0.3, -0.25) is 24.3 Å². The number of methoxy groups -OCH3 is 1. The second kappa shape index (κ2) is 15.7. The first-order valence-corrected chi connectivity index (χ1v) is 22.1. The fourth-order valence-electron chi connectivity index (χ4n) is 8.22. The second-order valence-electron chi connectivity index (χ2n) is 15.9. The van der Waals surface area contributed by atoms with Crippen LogP contribution < -0.4 is 29.3 Å². The lowest BCUT2D eigenvalue weighted by atomic mass is 9.99. The molecule has 3 atom stereocenters. The van der Waals surface area contributed by atoms with Crippen molar-refractivity contribution >= 4 is 67.3 Å². The summed E-state index contributed by atoms with van der Waals surface area (Å²) in [6, 6.07) is 21.3.